The van der Waals surface area contributed by atoms with Gasteiger partial charge in [0.05, 0.1) is 15.4 Å². The van der Waals surface area contributed by atoms with E-state index in [0.717, 1.165) is 35.9 Å². The fraction of sp³-hybridized carbons (Fsp3) is 0.250. The van der Waals surface area contributed by atoms with Gasteiger partial charge >= 0.3 is 0 Å². The highest BCUT2D eigenvalue weighted by atomic mass is 32.1. The molecular formula is C20H16N4O3S3. The molecule has 152 valence electrons. The van der Waals surface area contributed by atoms with Gasteiger partial charge in [-0.1, -0.05) is 6.42 Å². The number of amides is 1. The van der Waals surface area contributed by atoms with E-state index in [9.17, 15) is 20.2 Å². The van der Waals surface area contributed by atoms with Crippen LogP contribution in [0.5, 0.6) is 0 Å². The number of aryl methyl sites for hydroxylation is 1. The molecule has 0 aliphatic heterocycles. The second kappa shape index (κ2) is 8.47. The molecule has 2 N–H and O–H groups in total. The Kier molecular flexibility index (Phi) is 5.76. The molecule has 1 aliphatic rings. The SMILES string of the molecule is N#Cc1c(NC(=S)NC(=O)c2cc3cc([N+](=O)[O-])ccc3s2)sc2c1CCCCC2. The van der Waals surface area contributed by atoms with Crippen LogP contribution in [0.3, 0.4) is 0 Å². The van der Waals surface area contributed by atoms with Gasteiger partial charge in [0.25, 0.3) is 11.6 Å². The smallest absolute Gasteiger partial charge is 0.270 e. The number of thiocarbonyl (C=S) groups is 1. The Morgan fingerprint density at radius 1 is 1.20 bits per heavy atom. The Labute approximate surface area is 185 Å². The summed E-state index contributed by atoms with van der Waals surface area (Å²) < 4.78 is 0.776. The van der Waals surface area contributed by atoms with Gasteiger partial charge in [0, 0.05) is 27.1 Å². The molecule has 2 heterocycles. The Morgan fingerprint density at radius 3 is 2.77 bits per heavy atom. The molecular weight excluding hydrogens is 440 g/mol. The molecule has 30 heavy (non-hydrogen) atoms. The molecule has 4 rings (SSSR count). The number of non-ortho nitro benzene ring substituents is 1. The number of nitrogens with one attached hydrogen (secondary N) is 2. The predicted molar refractivity (Wildman–Crippen MR) is 122 cm³/mol. The predicted octanol–water partition coefficient (Wildman–Crippen LogP) is 5.14. The standard InChI is InChI=1S/C20H16N4O3S3/c21-10-14-13-4-2-1-3-5-16(13)30-19(14)23-20(28)22-18(25)17-9-11-8-12(24(26)27)6-7-15(11)29-17/h6-9H,1-5H2,(H2,22,23,25,28). The third kappa shape index (κ3) is 4.05. The largest absolute Gasteiger partial charge is 0.323 e. The number of rotatable bonds is 3. The number of carbonyl (C=O) groups is 1. The van der Waals surface area contributed by atoms with Gasteiger partial charge in [0.15, 0.2) is 5.11 Å². The highest BCUT2D eigenvalue weighted by molar-refractivity contribution is 7.80. The minimum Gasteiger partial charge on any atom is -0.323 e. The summed E-state index contributed by atoms with van der Waals surface area (Å²) in [5.74, 6) is -0.395. The van der Waals surface area contributed by atoms with E-state index >= 15 is 0 Å². The van der Waals surface area contributed by atoms with Crippen molar-refractivity contribution < 1.29 is 9.72 Å². The highest BCUT2D eigenvalue weighted by Gasteiger charge is 2.21. The van der Waals surface area contributed by atoms with E-state index in [1.165, 1.54) is 46.1 Å². The maximum atomic E-state index is 12.6. The second-order valence-corrected chi connectivity index (χ2v) is 9.48. The fourth-order valence-electron chi connectivity index (χ4n) is 3.50. The summed E-state index contributed by atoms with van der Waals surface area (Å²) >= 11 is 8.05. The number of nitriles is 1. The minimum atomic E-state index is -0.467. The molecule has 0 atom stereocenters. The summed E-state index contributed by atoms with van der Waals surface area (Å²) in [6, 6.07) is 8.37. The van der Waals surface area contributed by atoms with Crippen molar-refractivity contribution in [2.45, 2.75) is 32.1 Å². The number of hydrogen-bond donors (Lipinski definition) is 2. The zero-order chi connectivity index (χ0) is 21.3. The number of nitro groups is 1. The van der Waals surface area contributed by atoms with Crippen LogP contribution in [0.4, 0.5) is 10.7 Å². The molecule has 1 aromatic carbocycles. The van der Waals surface area contributed by atoms with Crippen LogP contribution < -0.4 is 10.6 Å². The van der Waals surface area contributed by atoms with E-state index in [0.29, 0.717) is 20.8 Å². The molecule has 0 fully saturated rings. The quantitative estimate of drug-likeness (QED) is 0.245. The maximum absolute atomic E-state index is 12.6. The van der Waals surface area contributed by atoms with Crippen LogP contribution >= 0.6 is 34.9 Å². The first kappa shape index (κ1) is 20.4. The molecule has 0 radical (unpaired) electrons. The molecule has 3 aromatic rings. The first-order valence-corrected chi connectivity index (χ1v) is 11.4. The van der Waals surface area contributed by atoms with Crippen molar-refractivity contribution >= 4 is 66.7 Å². The number of nitrogens with zero attached hydrogens (tertiary/aromatic N) is 2. The number of nitro benzene ring substituents is 1. The minimum absolute atomic E-state index is 0.0223. The monoisotopic (exact) mass is 456 g/mol. The van der Waals surface area contributed by atoms with Gasteiger partial charge in [-0.2, -0.15) is 5.26 Å². The van der Waals surface area contributed by atoms with E-state index in [2.05, 4.69) is 16.7 Å². The Bertz CT molecular complexity index is 1220. The van der Waals surface area contributed by atoms with Crippen molar-refractivity contribution in [3.8, 4) is 6.07 Å². The lowest BCUT2D eigenvalue weighted by atomic mass is 10.1. The summed E-state index contributed by atoms with van der Waals surface area (Å²) in [7, 11) is 0. The van der Waals surface area contributed by atoms with Crippen LogP contribution in [0.15, 0.2) is 24.3 Å². The normalized spacial score (nSPS) is 13.2. The molecule has 1 amide bonds. The van der Waals surface area contributed by atoms with Gasteiger partial charge in [-0.15, -0.1) is 22.7 Å². The Hall–Kier alpha value is -2.87. The van der Waals surface area contributed by atoms with E-state index in [-0.39, 0.29) is 10.8 Å². The Morgan fingerprint density at radius 2 is 2.00 bits per heavy atom. The van der Waals surface area contributed by atoms with E-state index in [4.69, 9.17) is 12.2 Å². The number of carbonyl (C=O) groups excluding carboxylic acids is 1. The van der Waals surface area contributed by atoms with Crippen molar-refractivity contribution in [1.29, 1.82) is 5.26 Å². The maximum Gasteiger partial charge on any atom is 0.270 e. The topological polar surface area (TPSA) is 108 Å². The van der Waals surface area contributed by atoms with Crippen LogP contribution in [0.25, 0.3) is 10.1 Å². The van der Waals surface area contributed by atoms with Crippen LogP contribution in [0, 0.1) is 21.4 Å². The van der Waals surface area contributed by atoms with Crippen molar-refractivity contribution in [2.75, 3.05) is 5.32 Å². The fourth-order valence-corrected chi connectivity index (χ4v) is 5.95. The lowest BCUT2D eigenvalue weighted by Crippen LogP contribution is -2.33. The molecule has 0 spiro atoms. The summed E-state index contributed by atoms with van der Waals surface area (Å²) in [4.78, 5) is 24.7. The number of thiophene rings is 2. The molecule has 0 saturated carbocycles. The molecule has 7 nitrogen and oxygen atoms in total. The van der Waals surface area contributed by atoms with Crippen LogP contribution in [-0.2, 0) is 12.8 Å². The lowest BCUT2D eigenvalue weighted by molar-refractivity contribution is -0.384. The average Bonchev–Trinajstić information content (AvgIpc) is 3.20. The van der Waals surface area contributed by atoms with Crippen molar-refractivity contribution in [1.82, 2.24) is 5.32 Å². The van der Waals surface area contributed by atoms with Gasteiger partial charge in [-0.25, -0.2) is 0 Å². The first-order chi connectivity index (χ1) is 14.5. The summed E-state index contributed by atoms with van der Waals surface area (Å²) in [6.45, 7) is 0. The molecule has 0 unspecified atom stereocenters. The summed E-state index contributed by atoms with van der Waals surface area (Å²) in [6.07, 6.45) is 5.21. The summed E-state index contributed by atoms with van der Waals surface area (Å²) in [5.41, 5.74) is 1.69. The zero-order valence-electron chi connectivity index (χ0n) is 15.7. The molecule has 0 saturated heterocycles. The van der Waals surface area contributed by atoms with Gasteiger partial charge < -0.3 is 5.32 Å². The third-order valence-corrected chi connectivity index (χ3v) is 7.45. The van der Waals surface area contributed by atoms with Crippen LogP contribution in [0.1, 0.15) is 44.9 Å². The van der Waals surface area contributed by atoms with E-state index in [1.807, 2.05) is 0 Å². The van der Waals surface area contributed by atoms with Crippen molar-refractivity contribution in [2.24, 2.45) is 0 Å². The molecule has 0 bridgehead atoms. The van der Waals surface area contributed by atoms with Gasteiger partial charge in [0.2, 0.25) is 0 Å². The van der Waals surface area contributed by atoms with Crippen LogP contribution in [0.2, 0.25) is 0 Å². The van der Waals surface area contributed by atoms with Gasteiger partial charge in [-0.3, -0.25) is 20.2 Å². The van der Waals surface area contributed by atoms with Crippen LogP contribution in [-0.4, -0.2) is 15.9 Å². The molecule has 2 aromatic heterocycles. The average molecular weight is 457 g/mol. The highest BCUT2D eigenvalue weighted by Crippen LogP contribution is 2.37. The zero-order valence-corrected chi connectivity index (χ0v) is 18.1. The van der Waals surface area contributed by atoms with Crippen molar-refractivity contribution in [3.05, 3.63) is 55.3 Å². The van der Waals surface area contributed by atoms with E-state index in [1.54, 1.807) is 12.1 Å². The number of benzene rings is 1. The second-order valence-electron chi connectivity index (χ2n) is 6.88. The molecule has 1 aliphatic carbocycles. The van der Waals surface area contributed by atoms with Crippen molar-refractivity contribution in [3.63, 3.8) is 0 Å². The summed E-state index contributed by atoms with van der Waals surface area (Å²) in [5, 5.41) is 27.6. The molecule has 10 heteroatoms. The Balaban J connectivity index is 1.49. The van der Waals surface area contributed by atoms with Gasteiger partial charge in [-0.05, 0) is 55.6 Å². The first-order valence-electron chi connectivity index (χ1n) is 9.31. The number of fused-ring (bicyclic) bond motifs is 2. The van der Waals surface area contributed by atoms with E-state index < -0.39 is 10.8 Å². The third-order valence-electron chi connectivity index (χ3n) is 4.92. The number of hydrogen-bond acceptors (Lipinski definition) is 7. The lowest BCUT2D eigenvalue weighted by Gasteiger charge is -2.07. The number of anilines is 1. The van der Waals surface area contributed by atoms with Gasteiger partial charge in [0.1, 0.15) is 11.1 Å².